The second kappa shape index (κ2) is 6.92. The normalized spacial score (nSPS) is 10.9. The lowest BCUT2D eigenvalue weighted by Crippen LogP contribution is -2.27. The maximum Gasteiger partial charge on any atom is 0.261 e. The van der Waals surface area contributed by atoms with Crippen molar-refractivity contribution in [2.45, 2.75) is 33.4 Å². The molecule has 0 unspecified atom stereocenters. The predicted molar refractivity (Wildman–Crippen MR) is 94.1 cm³/mol. The number of benzene rings is 1. The highest BCUT2D eigenvalue weighted by Gasteiger charge is 2.09. The van der Waals surface area contributed by atoms with Crippen molar-refractivity contribution >= 4 is 28.1 Å². The fraction of sp³-hybridized carbons (Fsp3) is 0.294. The van der Waals surface area contributed by atoms with Crippen LogP contribution in [-0.2, 0) is 17.9 Å². The lowest BCUT2D eigenvalue weighted by Gasteiger charge is -2.07. The molecular weight excluding hydrogens is 324 g/mol. The van der Waals surface area contributed by atoms with Crippen molar-refractivity contribution in [3.63, 3.8) is 0 Å². The number of nitrogens with one attached hydrogen (secondary N) is 1. The van der Waals surface area contributed by atoms with Crippen LogP contribution in [0.4, 0.5) is 0 Å². The number of hydrogen-bond acceptors (Lipinski definition) is 5. The molecule has 3 rings (SSSR count). The molecule has 0 radical (unpaired) electrons. The van der Waals surface area contributed by atoms with E-state index in [1.165, 1.54) is 10.9 Å². The van der Waals surface area contributed by atoms with E-state index in [0.29, 0.717) is 24.0 Å². The number of aryl methyl sites for hydroxylation is 3. The number of aromatic nitrogens is 3. The Kier molecular flexibility index (Phi) is 4.71. The predicted octanol–water partition coefficient (Wildman–Crippen LogP) is 2.18. The van der Waals surface area contributed by atoms with Crippen LogP contribution in [-0.4, -0.2) is 20.4 Å². The molecule has 0 aliphatic carbocycles. The Morgan fingerprint density at radius 3 is 2.83 bits per heavy atom. The van der Waals surface area contributed by atoms with Gasteiger partial charge in [-0.05, 0) is 26.0 Å². The van der Waals surface area contributed by atoms with Crippen LogP contribution in [0.3, 0.4) is 0 Å². The van der Waals surface area contributed by atoms with E-state index >= 15 is 0 Å². The maximum absolute atomic E-state index is 12.4. The van der Waals surface area contributed by atoms with Gasteiger partial charge in [0.25, 0.3) is 5.56 Å². The molecular formula is C17H18N4O2S. The van der Waals surface area contributed by atoms with Crippen molar-refractivity contribution in [1.82, 2.24) is 19.9 Å². The number of hydrogen-bond donors (Lipinski definition) is 1. The molecule has 3 aromatic rings. The lowest BCUT2D eigenvalue weighted by molar-refractivity contribution is -0.121. The molecule has 6 nitrogen and oxygen atoms in total. The molecule has 0 fully saturated rings. The van der Waals surface area contributed by atoms with Crippen LogP contribution in [0.25, 0.3) is 10.9 Å². The van der Waals surface area contributed by atoms with E-state index < -0.39 is 0 Å². The molecule has 2 heterocycles. The first-order valence-corrected chi connectivity index (χ1v) is 8.50. The average molecular weight is 342 g/mol. The summed E-state index contributed by atoms with van der Waals surface area (Å²) < 4.78 is 1.48. The summed E-state index contributed by atoms with van der Waals surface area (Å²) in [6.45, 7) is 4.66. The number of rotatable bonds is 5. The van der Waals surface area contributed by atoms with E-state index in [-0.39, 0.29) is 17.9 Å². The number of thiazole rings is 1. The van der Waals surface area contributed by atoms with Gasteiger partial charge in [0.15, 0.2) is 0 Å². The van der Waals surface area contributed by atoms with Crippen LogP contribution in [0, 0.1) is 13.8 Å². The van der Waals surface area contributed by atoms with Gasteiger partial charge in [0.05, 0.1) is 34.5 Å². The van der Waals surface area contributed by atoms with E-state index in [2.05, 4.69) is 15.3 Å². The van der Waals surface area contributed by atoms with Crippen molar-refractivity contribution in [2.75, 3.05) is 0 Å². The highest BCUT2D eigenvalue weighted by Crippen LogP contribution is 2.16. The Morgan fingerprint density at radius 1 is 1.29 bits per heavy atom. The van der Waals surface area contributed by atoms with Gasteiger partial charge >= 0.3 is 0 Å². The highest BCUT2D eigenvalue weighted by atomic mass is 32.1. The topological polar surface area (TPSA) is 76.9 Å². The average Bonchev–Trinajstić information content (AvgIpc) is 2.90. The molecule has 2 aromatic heterocycles. The first-order chi connectivity index (χ1) is 11.5. The van der Waals surface area contributed by atoms with Crippen LogP contribution in [0.5, 0.6) is 0 Å². The lowest BCUT2D eigenvalue weighted by atomic mass is 10.2. The molecule has 1 aromatic carbocycles. The van der Waals surface area contributed by atoms with Crippen molar-refractivity contribution < 1.29 is 4.79 Å². The summed E-state index contributed by atoms with van der Waals surface area (Å²) in [6.07, 6.45) is 1.73. The minimum absolute atomic E-state index is 0.0967. The van der Waals surface area contributed by atoms with Gasteiger partial charge in [-0.1, -0.05) is 12.1 Å². The molecule has 124 valence electrons. The second-order valence-electron chi connectivity index (χ2n) is 5.53. The van der Waals surface area contributed by atoms with Gasteiger partial charge in [-0.3, -0.25) is 14.2 Å². The van der Waals surface area contributed by atoms with Gasteiger partial charge < -0.3 is 5.32 Å². The SMILES string of the molecule is Cc1nc(C)c(CNC(=O)CCn2cnc3ccccc3c2=O)s1. The van der Waals surface area contributed by atoms with Crippen molar-refractivity contribution in [3.05, 3.63) is 56.5 Å². The molecule has 0 saturated carbocycles. The van der Waals surface area contributed by atoms with Crippen LogP contribution < -0.4 is 10.9 Å². The Labute approximate surface area is 143 Å². The molecule has 1 amide bonds. The summed E-state index contributed by atoms with van der Waals surface area (Å²) in [4.78, 5) is 34.0. The quantitative estimate of drug-likeness (QED) is 0.771. The van der Waals surface area contributed by atoms with E-state index in [1.807, 2.05) is 26.0 Å². The van der Waals surface area contributed by atoms with Gasteiger partial charge in [-0.2, -0.15) is 0 Å². The maximum atomic E-state index is 12.4. The minimum atomic E-state index is -0.123. The summed E-state index contributed by atoms with van der Waals surface area (Å²) in [7, 11) is 0. The fourth-order valence-corrected chi connectivity index (χ4v) is 3.37. The zero-order valence-corrected chi connectivity index (χ0v) is 14.4. The largest absolute Gasteiger partial charge is 0.351 e. The molecule has 0 bridgehead atoms. The number of carbonyl (C=O) groups excluding carboxylic acids is 1. The summed E-state index contributed by atoms with van der Waals surface area (Å²) in [6, 6.07) is 7.20. The first kappa shape index (κ1) is 16.3. The minimum Gasteiger partial charge on any atom is -0.351 e. The third kappa shape index (κ3) is 3.51. The standard InChI is InChI=1S/C17H18N4O2S/c1-11-15(24-12(2)20-11)9-18-16(22)7-8-21-10-19-14-6-4-3-5-13(14)17(21)23/h3-6,10H,7-9H2,1-2H3,(H,18,22). The third-order valence-corrected chi connectivity index (χ3v) is 4.83. The third-order valence-electron chi connectivity index (χ3n) is 3.76. The van der Waals surface area contributed by atoms with Crippen LogP contribution >= 0.6 is 11.3 Å². The first-order valence-electron chi connectivity index (χ1n) is 7.68. The van der Waals surface area contributed by atoms with Crippen LogP contribution in [0.1, 0.15) is 22.0 Å². The van der Waals surface area contributed by atoms with E-state index in [0.717, 1.165) is 15.6 Å². The summed E-state index contributed by atoms with van der Waals surface area (Å²) in [5.74, 6) is -0.0967. The molecule has 0 atom stereocenters. The zero-order valence-electron chi connectivity index (χ0n) is 13.6. The summed E-state index contributed by atoms with van der Waals surface area (Å²) in [5, 5.41) is 4.43. The summed E-state index contributed by atoms with van der Waals surface area (Å²) in [5.41, 5.74) is 1.49. The Morgan fingerprint density at radius 2 is 2.08 bits per heavy atom. The zero-order chi connectivity index (χ0) is 17.1. The van der Waals surface area contributed by atoms with Crippen molar-refractivity contribution in [1.29, 1.82) is 0 Å². The molecule has 7 heteroatoms. The number of fused-ring (bicyclic) bond motifs is 1. The Bertz CT molecular complexity index is 945. The highest BCUT2D eigenvalue weighted by molar-refractivity contribution is 7.11. The number of para-hydroxylation sites is 1. The number of amides is 1. The van der Waals surface area contributed by atoms with Crippen molar-refractivity contribution in [3.8, 4) is 0 Å². The Hall–Kier alpha value is -2.54. The van der Waals surface area contributed by atoms with Crippen LogP contribution in [0.2, 0.25) is 0 Å². The second-order valence-corrected chi connectivity index (χ2v) is 6.82. The molecule has 1 N–H and O–H groups in total. The van der Waals surface area contributed by atoms with Gasteiger partial charge in [-0.15, -0.1) is 11.3 Å². The van der Waals surface area contributed by atoms with Gasteiger partial charge in [-0.25, -0.2) is 9.97 Å². The number of carbonyl (C=O) groups is 1. The smallest absolute Gasteiger partial charge is 0.261 e. The number of nitrogens with zero attached hydrogens (tertiary/aromatic N) is 3. The van der Waals surface area contributed by atoms with Gasteiger partial charge in [0.2, 0.25) is 5.91 Å². The molecule has 0 spiro atoms. The monoisotopic (exact) mass is 342 g/mol. The van der Waals surface area contributed by atoms with E-state index in [9.17, 15) is 9.59 Å². The van der Waals surface area contributed by atoms with Crippen molar-refractivity contribution in [2.24, 2.45) is 0 Å². The Balaban J connectivity index is 1.61. The van der Waals surface area contributed by atoms with E-state index in [4.69, 9.17) is 0 Å². The van der Waals surface area contributed by atoms with Gasteiger partial charge in [0.1, 0.15) is 0 Å². The van der Waals surface area contributed by atoms with Crippen LogP contribution in [0.15, 0.2) is 35.4 Å². The fourth-order valence-electron chi connectivity index (χ4n) is 2.49. The molecule has 0 aliphatic heterocycles. The molecule has 24 heavy (non-hydrogen) atoms. The molecule has 0 aliphatic rings. The summed E-state index contributed by atoms with van der Waals surface area (Å²) >= 11 is 1.58. The van der Waals surface area contributed by atoms with E-state index in [1.54, 1.807) is 23.5 Å². The van der Waals surface area contributed by atoms with Gasteiger partial charge in [0, 0.05) is 17.8 Å². The molecule has 0 saturated heterocycles.